The zero-order valence-corrected chi connectivity index (χ0v) is 9.53. The van der Waals surface area contributed by atoms with Gasteiger partial charge in [0.15, 0.2) is 0 Å². The fourth-order valence-corrected chi connectivity index (χ4v) is 1.61. The van der Waals surface area contributed by atoms with Gasteiger partial charge < -0.3 is 4.42 Å². The van der Waals surface area contributed by atoms with Crippen molar-refractivity contribution in [3.8, 4) is 0 Å². The van der Waals surface area contributed by atoms with E-state index in [0.29, 0.717) is 6.04 Å². The molecule has 0 atom stereocenters. The summed E-state index contributed by atoms with van der Waals surface area (Å²) >= 11 is 0. The third-order valence-corrected chi connectivity index (χ3v) is 2.86. The molecule has 0 N–H and O–H groups in total. The SMILES string of the molecule is CC(C)N(C)Cc1coc2ccccc12. The Bertz CT molecular complexity index is 444. The minimum atomic E-state index is 0.554. The summed E-state index contributed by atoms with van der Waals surface area (Å²) in [5, 5.41) is 1.23. The molecule has 0 bridgehead atoms. The zero-order chi connectivity index (χ0) is 10.8. The van der Waals surface area contributed by atoms with Crippen LogP contribution in [-0.4, -0.2) is 18.0 Å². The van der Waals surface area contributed by atoms with E-state index in [1.54, 1.807) is 0 Å². The Morgan fingerprint density at radius 2 is 2.00 bits per heavy atom. The Hall–Kier alpha value is -1.28. The molecule has 0 amide bonds. The van der Waals surface area contributed by atoms with E-state index in [9.17, 15) is 0 Å². The second kappa shape index (κ2) is 4.07. The molecule has 0 fully saturated rings. The third-order valence-electron chi connectivity index (χ3n) is 2.86. The number of rotatable bonds is 3. The summed E-state index contributed by atoms with van der Waals surface area (Å²) in [5.74, 6) is 0. The number of benzene rings is 1. The molecule has 2 heteroatoms. The van der Waals surface area contributed by atoms with Crippen molar-refractivity contribution in [2.75, 3.05) is 7.05 Å². The van der Waals surface area contributed by atoms with Gasteiger partial charge in [-0.15, -0.1) is 0 Å². The number of hydrogen-bond donors (Lipinski definition) is 0. The average Bonchev–Trinajstić information content (AvgIpc) is 2.62. The summed E-state index contributed by atoms with van der Waals surface area (Å²) in [7, 11) is 2.13. The second-order valence-electron chi connectivity index (χ2n) is 4.27. The van der Waals surface area contributed by atoms with Crippen molar-refractivity contribution >= 4 is 11.0 Å². The molecule has 0 aliphatic rings. The van der Waals surface area contributed by atoms with Crippen molar-refractivity contribution in [3.05, 3.63) is 36.1 Å². The molecule has 15 heavy (non-hydrogen) atoms. The van der Waals surface area contributed by atoms with E-state index in [1.165, 1.54) is 10.9 Å². The van der Waals surface area contributed by atoms with Crippen LogP contribution in [0.4, 0.5) is 0 Å². The molecule has 0 saturated heterocycles. The number of para-hydroxylation sites is 1. The minimum Gasteiger partial charge on any atom is -0.464 e. The molecule has 0 saturated carbocycles. The van der Waals surface area contributed by atoms with Crippen LogP contribution in [0.1, 0.15) is 19.4 Å². The molecule has 1 heterocycles. The topological polar surface area (TPSA) is 16.4 Å². The summed E-state index contributed by atoms with van der Waals surface area (Å²) in [5.41, 5.74) is 2.24. The highest BCUT2D eigenvalue weighted by Crippen LogP contribution is 2.22. The van der Waals surface area contributed by atoms with E-state index in [2.05, 4.69) is 37.9 Å². The van der Waals surface area contributed by atoms with Crippen LogP contribution in [-0.2, 0) is 6.54 Å². The second-order valence-corrected chi connectivity index (χ2v) is 4.27. The summed E-state index contributed by atoms with van der Waals surface area (Å²) in [4.78, 5) is 2.30. The van der Waals surface area contributed by atoms with Gasteiger partial charge in [-0.2, -0.15) is 0 Å². The minimum absolute atomic E-state index is 0.554. The molecule has 1 aromatic carbocycles. The van der Waals surface area contributed by atoms with Crippen LogP contribution in [0.15, 0.2) is 34.9 Å². The van der Waals surface area contributed by atoms with Crippen LogP contribution in [0, 0.1) is 0 Å². The highest BCUT2D eigenvalue weighted by Gasteiger charge is 2.09. The predicted molar refractivity (Wildman–Crippen MR) is 62.8 cm³/mol. The van der Waals surface area contributed by atoms with Crippen molar-refractivity contribution in [1.29, 1.82) is 0 Å². The first-order chi connectivity index (χ1) is 7.18. The van der Waals surface area contributed by atoms with Crippen LogP contribution in [0.3, 0.4) is 0 Å². The van der Waals surface area contributed by atoms with Crippen LogP contribution in [0.2, 0.25) is 0 Å². The molecule has 2 aromatic rings. The fourth-order valence-electron chi connectivity index (χ4n) is 1.61. The van der Waals surface area contributed by atoms with E-state index in [4.69, 9.17) is 4.42 Å². The zero-order valence-electron chi connectivity index (χ0n) is 9.53. The van der Waals surface area contributed by atoms with Crippen molar-refractivity contribution in [2.24, 2.45) is 0 Å². The van der Waals surface area contributed by atoms with E-state index < -0.39 is 0 Å². The average molecular weight is 203 g/mol. The fraction of sp³-hybridized carbons (Fsp3) is 0.385. The maximum absolute atomic E-state index is 5.50. The van der Waals surface area contributed by atoms with Crippen molar-refractivity contribution < 1.29 is 4.42 Å². The lowest BCUT2D eigenvalue weighted by atomic mass is 10.1. The predicted octanol–water partition coefficient (Wildman–Crippen LogP) is 3.27. The van der Waals surface area contributed by atoms with Gasteiger partial charge in [-0.1, -0.05) is 18.2 Å². The lowest BCUT2D eigenvalue weighted by molar-refractivity contribution is 0.266. The first kappa shape index (κ1) is 10.2. The molecular formula is C13H17NO. The van der Waals surface area contributed by atoms with Crippen LogP contribution < -0.4 is 0 Å². The molecule has 0 aliphatic carbocycles. The highest BCUT2D eigenvalue weighted by molar-refractivity contribution is 5.80. The molecule has 1 aromatic heterocycles. The Kier molecular flexibility index (Phi) is 2.78. The molecule has 0 aliphatic heterocycles. The van der Waals surface area contributed by atoms with E-state index >= 15 is 0 Å². The molecule has 2 nitrogen and oxygen atoms in total. The normalized spacial score (nSPS) is 11.8. The van der Waals surface area contributed by atoms with Gasteiger partial charge in [0, 0.05) is 23.5 Å². The Labute approximate surface area is 90.5 Å². The van der Waals surface area contributed by atoms with Crippen molar-refractivity contribution in [2.45, 2.75) is 26.4 Å². The van der Waals surface area contributed by atoms with Gasteiger partial charge in [-0.3, -0.25) is 4.90 Å². The monoisotopic (exact) mass is 203 g/mol. The smallest absolute Gasteiger partial charge is 0.134 e. The van der Waals surface area contributed by atoms with Gasteiger partial charge in [0.1, 0.15) is 5.58 Å². The van der Waals surface area contributed by atoms with E-state index in [-0.39, 0.29) is 0 Å². The lowest BCUT2D eigenvalue weighted by Gasteiger charge is -2.20. The van der Waals surface area contributed by atoms with Crippen molar-refractivity contribution in [3.63, 3.8) is 0 Å². The summed E-state index contributed by atoms with van der Waals surface area (Å²) in [6.07, 6.45) is 1.86. The number of furan rings is 1. The molecule has 2 rings (SSSR count). The molecule has 80 valence electrons. The molecule has 0 spiro atoms. The Balaban J connectivity index is 2.29. The molecular weight excluding hydrogens is 186 g/mol. The largest absolute Gasteiger partial charge is 0.464 e. The van der Waals surface area contributed by atoms with Gasteiger partial charge in [0.05, 0.1) is 6.26 Å². The van der Waals surface area contributed by atoms with Gasteiger partial charge >= 0.3 is 0 Å². The van der Waals surface area contributed by atoms with Gasteiger partial charge in [-0.25, -0.2) is 0 Å². The Morgan fingerprint density at radius 1 is 1.27 bits per heavy atom. The maximum Gasteiger partial charge on any atom is 0.134 e. The molecule has 0 unspecified atom stereocenters. The first-order valence-electron chi connectivity index (χ1n) is 5.34. The quantitative estimate of drug-likeness (QED) is 0.761. The first-order valence-corrected chi connectivity index (χ1v) is 5.34. The van der Waals surface area contributed by atoms with Gasteiger partial charge in [0.2, 0.25) is 0 Å². The standard InChI is InChI=1S/C13H17NO/c1-10(2)14(3)8-11-9-15-13-7-5-4-6-12(11)13/h4-7,9-10H,8H2,1-3H3. The van der Waals surface area contributed by atoms with Crippen molar-refractivity contribution in [1.82, 2.24) is 4.90 Å². The van der Waals surface area contributed by atoms with E-state index in [1.807, 2.05) is 18.4 Å². The summed E-state index contributed by atoms with van der Waals surface area (Å²) in [6.45, 7) is 5.33. The number of nitrogens with zero attached hydrogens (tertiary/aromatic N) is 1. The van der Waals surface area contributed by atoms with Crippen LogP contribution in [0.25, 0.3) is 11.0 Å². The number of hydrogen-bond acceptors (Lipinski definition) is 2. The lowest BCUT2D eigenvalue weighted by Crippen LogP contribution is -2.25. The van der Waals surface area contributed by atoms with Crippen LogP contribution >= 0.6 is 0 Å². The van der Waals surface area contributed by atoms with Gasteiger partial charge in [0.25, 0.3) is 0 Å². The highest BCUT2D eigenvalue weighted by atomic mass is 16.3. The van der Waals surface area contributed by atoms with E-state index in [0.717, 1.165) is 12.1 Å². The Morgan fingerprint density at radius 3 is 2.73 bits per heavy atom. The number of fused-ring (bicyclic) bond motifs is 1. The summed E-state index contributed by atoms with van der Waals surface area (Å²) in [6, 6.07) is 8.73. The maximum atomic E-state index is 5.50. The summed E-state index contributed by atoms with van der Waals surface area (Å²) < 4.78 is 5.50. The molecule has 0 radical (unpaired) electrons. The van der Waals surface area contributed by atoms with Gasteiger partial charge in [-0.05, 0) is 27.0 Å². The van der Waals surface area contributed by atoms with Crippen LogP contribution in [0.5, 0.6) is 0 Å². The third kappa shape index (κ3) is 2.05.